The van der Waals surface area contributed by atoms with E-state index in [4.69, 9.17) is 9.47 Å². The van der Waals surface area contributed by atoms with Crippen molar-refractivity contribution in [2.75, 3.05) is 13.2 Å². The lowest BCUT2D eigenvalue weighted by atomic mass is 9.85. The smallest absolute Gasteiger partial charge is 0.194 e. The molecule has 0 spiro atoms. The minimum atomic E-state index is -1.65. The number of halogens is 5. The summed E-state index contributed by atoms with van der Waals surface area (Å²) < 4.78 is 81.8. The summed E-state index contributed by atoms with van der Waals surface area (Å²) in [6.45, 7) is 3.52. The lowest BCUT2D eigenvalue weighted by Gasteiger charge is -2.35. The number of unbranched alkanes of at least 4 members (excludes halogenated alkanes) is 1. The van der Waals surface area contributed by atoms with Crippen LogP contribution < -0.4 is 0 Å². The molecule has 2 aromatic rings. The summed E-state index contributed by atoms with van der Waals surface area (Å²) in [5.41, 5.74) is 0.186. The number of rotatable bonds is 6. The van der Waals surface area contributed by atoms with Gasteiger partial charge in [0.2, 0.25) is 0 Å². The van der Waals surface area contributed by atoms with Crippen molar-refractivity contribution in [3.05, 3.63) is 65.0 Å². The summed E-state index contributed by atoms with van der Waals surface area (Å²) >= 11 is 0. The lowest BCUT2D eigenvalue weighted by Crippen LogP contribution is -2.37. The molecule has 1 saturated heterocycles. The minimum absolute atomic E-state index is 0.114. The molecule has 2 aliphatic rings. The average Bonchev–Trinajstić information content (AvgIpc) is 2.83. The zero-order valence-corrected chi connectivity index (χ0v) is 18.5. The highest BCUT2D eigenvalue weighted by Gasteiger charge is 2.31. The molecule has 1 atom stereocenters. The highest BCUT2D eigenvalue weighted by Crippen LogP contribution is 2.37. The number of ether oxygens (including phenoxy) is 2. The van der Waals surface area contributed by atoms with Gasteiger partial charge in [0, 0.05) is 23.0 Å². The minimum Gasteiger partial charge on any atom is -0.352 e. The summed E-state index contributed by atoms with van der Waals surface area (Å²) in [6.07, 6.45) is 6.85. The summed E-state index contributed by atoms with van der Waals surface area (Å²) in [5, 5.41) is 0. The maximum atomic E-state index is 14.9. The molecule has 0 radical (unpaired) electrons. The fourth-order valence-electron chi connectivity index (χ4n) is 4.57. The molecule has 1 heterocycles. The standard InChI is InChI=1S/C26H27F5O2/c1-2-3-4-15-13-32-26(33-14-15)17-7-5-16(6-8-17)19-9-10-20(24(30)23(19)29)18-11-21(27)25(31)22(28)12-18/h5,9-12,15,17,26H,2-4,6-8,13-14H2,1H3. The van der Waals surface area contributed by atoms with Gasteiger partial charge < -0.3 is 9.47 Å². The Bertz CT molecular complexity index is 1000. The normalized spacial score (nSPS) is 23.5. The van der Waals surface area contributed by atoms with Crippen molar-refractivity contribution < 1.29 is 31.4 Å². The zero-order valence-electron chi connectivity index (χ0n) is 18.5. The fourth-order valence-corrected chi connectivity index (χ4v) is 4.57. The highest BCUT2D eigenvalue weighted by molar-refractivity contribution is 5.72. The molecule has 0 amide bonds. The number of allylic oxidation sites excluding steroid dienone is 2. The Morgan fingerprint density at radius 1 is 0.879 bits per heavy atom. The molecule has 2 nitrogen and oxygen atoms in total. The van der Waals surface area contributed by atoms with E-state index in [2.05, 4.69) is 6.92 Å². The van der Waals surface area contributed by atoms with Crippen molar-refractivity contribution in [3.63, 3.8) is 0 Å². The van der Waals surface area contributed by atoms with Gasteiger partial charge in [0.1, 0.15) is 0 Å². The maximum Gasteiger partial charge on any atom is 0.194 e. The van der Waals surface area contributed by atoms with Crippen LogP contribution in [0, 0.1) is 40.9 Å². The van der Waals surface area contributed by atoms with Gasteiger partial charge >= 0.3 is 0 Å². The third-order valence-electron chi connectivity index (χ3n) is 6.52. The van der Waals surface area contributed by atoms with E-state index in [9.17, 15) is 22.0 Å². The molecule has 2 aromatic carbocycles. The first-order chi connectivity index (χ1) is 15.9. The first-order valence-corrected chi connectivity index (χ1v) is 11.4. The van der Waals surface area contributed by atoms with Crippen LogP contribution in [0.15, 0.2) is 30.3 Å². The molecule has 1 fully saturated rings. The molecular weight excluding hydrogens is 439 g/mol. The second-order valence-corrected chi connectivity index (χ2v) is 8.85. The molecule has 1 aliphatic heterocycles. The third-order valence-corrected chi connectivity index (χ3v) is 6.52. The van der Waals surface area contributed by atoms with Crippen molar-refractivity contribution in [2.45, 2.75) is 51.7 Å². The molecule has 33 heavy (non-hydrogen) atoms. The van der Waals surface area contributed by atoms with E-state index in [1.807, 2.05) is 6.08 Å². The Morgan fingerprint density at radius 2 is 1.52 bits per heavy atom. The quantitative estimate of drug-likeness (QED) is 0.326. The van der Waals surface area contributed by atoms with E-state index in [1.54, 1.807) is 0 Å². The van der Waals surface area contributed by atoms with Crippen LogP contribution in [0.4, 0.5) is 22.0 Å². The van der Waals surface area contributed by atoms with Gasteiger partial charge in [0.15, 0.2) is 35.4 Å². The van der Waals surface area contributed by atoms with Crippen molar-refractivity contribution >= 4 is 5.57 Å². The Kier molecular flexibility index (Phi) is 7.49. The Labute approximate surface area is 190 Å². The fraction of sp³-hybridized carbons (Fsp3) is 0.462. The van der Waals surface area contributed by atoms with Crippen LogP contribution in [-0.2, 0) is 9.47 Å². The molecule has 0 aromatic heterocycles. The molecule has 4 rings (SSSR count). The summed E-state index contributed by atoms with van der Waals surface area (Å²) in [6, 6.07) is 3.95. The summed E-state index contributed by atoms with van der Waals surface area (Å²) in [5.74, 6) is -6.31. The van der Waals surface area contributed by atoms with Gasteiger partial charge in [0.05, 0.1) is 13.2 Å². The van der Waals surface area contributed by atoms with E-state index in [0.29, 0.717) is 56.1 Å². The second kappa shape index (κ2) is 10.3. The first-order valence-electron chi connectivity index (χ1n) is 11.4. The lowest BCUT2D eigenvalue weighted by molar-refractivity contribution is -0.225. The summed E-state index contributed by atoms with van der Waals surface area (Å²) in [7, 11) is 0. The van der Waals surface area contributed by atoms with Crippen LogP contribution in [0.2, 0.25) is 0 Å². The van der Waals surface area contributed by atoms with E-state index in [1.165, 1.54) is 12.1 Å². The molecule has 1 aliphatic carbocycles. The van der Waals surface area contributed by atoms with Gasteiger partial charge in [-0.2, -0.15) is 0 Å². The number of hydrogen-bond donors (Lipinski definition) is 0. The van der Waals surface area contributed by atoms with Crippen molar-refractivity contribution in [3.8, 4) is 11.1 Å². The Balaban J connectivity index is 1.45. The van der Waals surface area contributed by atoms with E-state index in [-0.39, 0.29) is 28.9 Å². The topological polar surface area (TPSA) is 18.5 Å². The third kappa shape index (κ3) is 5.14. The van der Waals surface area contributed by atoms with E-state index >= 15 is 0 Å². The zero-order chi connectivity index (χ0) is 23.5. The van der Waals surface area contributed by atoms with Crippen molar-refractivity contribution in [1.82, 2.24) is 0 Å². The van der Waals surface area contributed by atoms with E-state index in [0.717, 1.165) is 19.3 Å². The first kappa shape index (κ1) is 23.9. The molecule has 0 bridgehead atoms. The van der Waals surface area contributed by atoms with Gasteiger partial charge in [-0.3, -0.25) is 0 Å². The van der Waals surface area contributed by atoms with Gasteiger partial charge in [-0.1, -0.05) is 38.0 Å². The van der Waals surface area contributed by atoms with Gasteiger partial charge in [-0.25, -0.2) is 22.0 Å². The average molecular weight is 466 g/mol. The molecule has 1 unspecified atom stereocenters. The number of benzene rings is 2. The van der Waals surface area contributed by atoms with Gasteiger partial charge in [0.25, 0.3) is 0 Å². The molecular formula is C26H27F5O2. The Hall–Kier alpha value is -2.25. The predicted octanol–water partition coefficient (Wildman–Crippen LogP) is 7.41. The predicted molar refractivity (Wildman–Crippen MR) is 116 cm³/mol. The van der Waals surface area contributed by atoms with Crippen molar-refractivity contribution in [1.29, 1.82) is 0 Å². The highest BCUT2D eigenvalue weighted by atomic mass is 19.2. The van der Waals surface area contributed by atoms with Crippen LogP contribution in [0.5, 0.6) is 0 Å². The van der Waals surface area contributed by atoms with E-state index < -0.39 is 29.1 Å². The van der Waals surface area contributed by atoms with Crippen LogP contribution in [0.3, 0.4) is 0 Å². The molecule has 178 valence electrons. The SMILES string of the molecule is CCCCC1COC(C2CC=C(c3ccc(-c4cc(F)c(F)c(F)c4)c(F)c3F)CC2)OC1. The van der Waals surface area contributed by atoms with Gasteiger partial charge in [-0.15, -0.1) is 0 Å². The van der Waals surface area contributed by atoms with Crippen LogP contribution in [0.25, 0.3) is 16.7 Å². The second-order valence-electron chi connectivity index (χ2n) is 8.85. The van der Waals surface area contributed by atoms with Crippen LogP contribution >= 0.6 is 0 Å². The maximum absolute atomic E-state index is 14.9. The monoisotopic (exact) mass is 466 g/mol. The molecule has 7 heteroatoms. The summed E-state index contributed by atoms with van der Waals surface area (Å²) in [4.78, 5) is 0. The van der Waals surface area contributed by atoms with Crippen LogP contribution in [0.1, 0.15) is 51.0 Å². The van der Waals surface area contributed by atoms with Gasteiger partial charge in [-0.05, 0) is 49.0 Å². The number of hydrogen-bond acceptors (Lipinski definition) is 2. The molecule has 0 saturated carbocycles. The van der Waals surface area contributed by atoms with Crippen molar-refractivity contribution in [2.24, 2.45) is 11.8 Å². The van der Waals surface area contributed by atoms with Crippen LogP contribution in [-0.4, -0.2) is 19.5 Å². The Morgan fingerprint density at radius 3 is 2.12 bits per heavy atom. The molecule has 0 N–H and O–H groups in total. The largest absolute Gasteiger partial charge is 0.352 e.